The summed E-state index contributed by atoms with van der Waals surface area (Å²) in [4.78, 5) is 0. The first kappa shape index (κ1) is 12.1. The topological polar surface area (TPSA) is 128 Å². The van der Waals surface area contributed by atoms with Crippen LogP contribution < -0.4 is 28.6 Å². The monoisotopic (exact) mass is 229 g/mol. The molecule has 0 aromatic carbocycles. The van der Waals surface area contributed by atoms with Crippen LogP contribution in [-0.2, 0) is 0 Å². The van der Waals surface area contributed by atoms with Gasteiger partial charge in [-0.2, -0.15) is 0 Å². The summed E-state index contributed by atoms with van der Waals surface area (Å²) >= 11 is 6.56. The third-order valence-electron chi connectivity index (χ3n) is 0.241. The van der Waals surface area contributed by atoms with Crippen LogP contribution in [-0.4, -0.2) is 25.9 Å². The number of thiocarbonyl (C=S) groups is 1. The van der Waals surface area contributed by atoms with E-state index in [1.165, 1.54) is 0 Å². The molecule has 9 N–H and O–H groups in total. The number of nitrogens with zero attached hydrogens (tertiary/aromatic N) is 1. The number of hydrazone groups is 1. The molecular weight excluding hydrogens is 219 g/mol. The molecule has 8 heteroatoms. The van der Waals surface area contributed by atoms with Crippen LogP contribution >= 0.6 is 12.2 Å². The molecule has 0 aliphatic rings. The fraction of sp³-hybridized carbons (Fsp3) is 0. The third kappa shape index (κ3) is 26.1. The van der Waals surface area contributed by atoms with Crippen LogP contribution in [0.3, 0.4) is 0 Å². The van der Waals surface area contributed by atoms with E-state index in [0.29, 0.717) is 4.73 Å². The van der Waals surface area contributed by atoms with E-state index in [0.717, 1.165) is 0 Å². The van der Waals surface area contributed by atoms with Crippen LogP contribution in [0.25, 0.3) is 0 Å². The number of nitrogens with two attached hydrogens (primary N) is 4. The van der Waals surface area contributed by atoms with Gasteiger partial charge in [0.25, 0.3) is 0 Å². The normalized spacial score (nSPS) is 9.10. The number of hydrogen-bond donors (Lipinski definition) is 5. The Labute approximate surface area is 72.1 Å². The predicted molar refractivity (Wildman–Crippen MR) is 45.7 cm³/mol. The van der Waals surface area contributed by atoms with Gasteiger partial charge in [-0.25, -0.2) is 0 Å². The van der Waals surface area contributed by atoms with Crippen LogP contribution in [0, 0.1) is 0 Å². The summed E-state index contributed by atoms with van der Waals surface area (Å²) in [6, 6.07) is 0. The molecule has 59 valence electrons. The van der Waals surface area contributed by atoms with Gasteiger partial charge in [0.2, 0.25) is 0 Å². The second kappa shape index (κ2) is 8.44. The Morgan fingerprint density at radius 3 is 1.80 bits per heavy atom. The van der Waals surface area contributed by atoms with E-state index in [1.807, 2.05) is 0 Å². The summed E-state index contributed by atoms with van der Waals surface area (Å²) in [5, 5.41) is 3.13. The molecule has 0 aliphatic carbocycles. The van der Waals surface area contributed by atoms with E-state index in [-0.39, 0.29) is 5.11 Å². The van der Waals surface area contributed by atoms with Crippen molar-refractivity contribution < 1.29 is 0 Å². The first-order chi connectivity index (χ1) is 4.54. The molecule has 0 unspecified atom stereocenters. The van der Waals surface area contributed by atoms with Crippen molar-refractivity contribution in [3.8, 4) is 0 Å². The van der Waals surface area contributed by atoms with Crippen molar-refractivity contribution in [1.29, 1.82) is 0 Å². The summed E-state index contributed by atoms with van der Waals surface area (Å²) in [5.41, 5.74) is 11.4. The van der Waals surface area contributed by atoms with E-state index < -0.39 is 0 Å². The fourth-order valence-corrected chi connectivity index (χ4v) is 0.0373. The van der Waals surface area contributed by atoms with Crippen LogP contribution in [0.15, 0.2) is 5.10 Å². The maximum absolute atomic E-state index is 4.79. The van der Waals surface area contributed by atoms with Crippen molar-refractivity contribution in [2.24, 2.45) is 28.3 Å². The van der Waals surface area contributed by atoms with Crippen molar-refractivity contribution in [2.45, 2.75) is 0 Å². The molecule has 0 heterocycles. The predicted octanol–water partition coefficient (Wildman–Crippen LogP) is -2.96. The standard InChI is InChI=1S/CH5N4Se.CH4N2S/c2-4-1(6)5-3;2-1(3)4/h2-3H2,(H,4,5);(H4,2,3,4). The first-order valence-electron chi connectivity index (χ1n) is 2.01. The molecule has 0 spiro atoms. The van der Waals surface area contributed by atoms with Crippen molar-refractivity contribution in [3.05, 3.63) is 0 Å². The van der Waals surface area contributed by atoms with Gasteiger partial charge in [-0.1, -0.05) is 0 Å². The number of hydrazine groups is 1. The Bertz CT molecular complexity index is 119. The van der Waals surface area contributed by atoms with Crippen molar-refractivity contribution in [1.82, 2.24) is 5.43 Å². The minimum absolute atomic E-state index is 0.000000000000000222. The fourth-order valence-electron chi connectivity index (χ4n) is 0.0373. The van der Waals surface area contributed by atoms with Gasteiger partial charge in [-0.15, -0.1) is 0 Å². The SMILES string of the molecule is NC(N)=S.NN=C([Se])NN. The van der Waals surface area contributed by atoms with Crippen molar-refractivity contribution >= 4 is 38.1 Å². The molecule has 0 bridgehead atoms. The summed E-state index contributed by atoms with van der Waals surface area (Å²) < 4.78 is 0.398. The Hall–Kier alpha value is -0.561. The van der Waals surface area contributed by atoms with E-state index in [4.69, 9.17) is 11.7 Å². The van der Waals surface area contributed by atoms with Gasteiger partial charge in [-0.05, 0) is 12.2 Å². The molecule has 0 fully saturated rings. The summed E-state index contributed by atoms with van der Waals surface area (Å²) in [5.74, 6) is 9.49. The zero-order valence-electron chi connectivity index (χ0n) is 5.07. The Kier molecular flexibility index (Phi) is 10.3. The molecule has 0 saturated carbocycles. The average molecular weight is 228 g/mol. The van der Waals surface area contributed by atoms with Crippen molar-refractivity contribution in [3.63, 3.8) is 0 Å². The van der Waals surface area contributed by atoms with Gasteiger partial charge >= 0.3 is 43.0 Å². The Morgan fingerprint density at radius 1 is 1.50 bits per heavy atom. The average Bonchev–Trinajstić information content (AvgIpc) is 1.85. The minimum atomic E-state index is 0.000000000000000222. The number of hydrogen-bond acceptors (Lipinski definition) is 4. The molecule has 6 nitrogen and oxygen atoms in total. The van der Waals surface area contributed by atoms with E-state index in [9.17, 15) is 0 Å². The van der Waals surface area contributed by atoms with Gasteiger partial charge in [-0.3, -0.25) is 0 Å². The second-order valence-corrected chi connectivity index (χ2v) is 2.26. The van der Waals surface area contributed by atoms with Gasteiger partial charge in [0, 0.05) is 0 Å². The number of nitrogens with one attached hydrogen (secondary N) is 1. The molecule has 0 atom stereocenters. The maximum atomic E-state index is 4.79. The second-order valence-electron chi connectivity index (χ2n) is 0.981. The van der Waals surface area contributed by atoms with E-state index >= 15 is 0 Å². The molecule has 0 amide bonds. The third-order valence-corrected chi connectivity index (χ3v) is 0.709. The van der Waals surface area contributed by atoms with Crippen molar-refractivity contribution in [2.75, 3.05) is 0 Å². The van der Waals surface area contributed by atoms with Crippen LogP contribution in [0.2, 0.25) is 0 Å². The van der Waals surface area contributed by atoms with Gasteiger partial charge in [0.05, 0.1) is 0 Å². The van der Waals surface area contributed by atoms with Crippen LogP contribution in [0.1, 0.15) is 0 Å². The quantitative estimate of drug-likeness (QED) is 0.0752. The zero-order chi connectivity index (χ0) is 8.57. The molecule has 0 aromatic heterocycles. The Morgan fingerprint density at radius 2 is 1.80 bits per heavy atom. The molecule has 0 aliphatic heterocycles. The molecule has 0 rings (SSSR count). The zero-order valence-corrected chi connectivity index (χ0v) is 7.60. The molecule has 10 heavy (non-hydrogen) atoms. The van der Waals surface area contributed by atoms with Gasteiger partial charge in [0.15, 0.2) is 5.11 Å². The first-order valence-corrected chi connectivity index (χ1v) is 3.27. The number of rotatable bonds is 0. The number of amidine groups is 1. The molecule has 0 saturated heterocycles. The van der Waals surface area contributed by atoms with Gasteiger partial charge < -0.3 is 11.5 Å². The van der Waals surface area contributed by atoms with Crippen LogP contribution in [0.5, 0.6) is 0 Å². The van der Waals surface area contributed by atoms with Gasteiger partial charge in [0.1, 0.15) is 0 Å². The molecule has 1 radical (unpaired) electrons. The molecule has 0 aromatic rings. The molecular formula is C2H9N6SSe. The summed E-state index contributed by atoms with van der Waals surface area (Å²) in [6.07, 6.45) is 0. The van der Waals surface area contributed by atoms with E-state index in [1.54, 1.807) is 0 Å². The summed E-state index contributed by atoms with van der Waals surface area (Å²) in [7, 11) is 0. The van der Waals surface area contributed by atoms with Crippen LogP contribution in [0.4, 0.5) is 0 Å². The summed E-state index contributed by atoms with van der Waals surface area (Å²) in [6.45, 7) is 0. The van der Waals surface area contributed by atoms with E-state index in [2.05, 4.69) is 50.2 Å². The Balaban J connectivity index is 0.